The molecule has 0 spiro atoms. The van der Waals surface area contributed by atoms with Crippen molar-refractivity contribution < 1.29 is 4.74 Å². The van der Waals surface area contributed by atoms with E-state index in [9.17, 15) is 0 Å². The van der Waals surface area contributed by atoms with Crippen molar-refractivity contribution in [2.24, 2.45) is 5.73 Å². The van der Waals surface area contributed by atoms with Gasteiger partial charge in [-0.3, -0.25) is 0 Å². The summed E-state index contributed by atoms with van der Waals surface area (Å²) in [4.78, 5) is 0. The maximum Gasteiger partial charge on any atom is 0.122 e. The number of hydrogen-bond acceptors (Lipinski definition) is 2. The summed E-state index contributed by atoms with van der Waals surface area (Å²) in [6.45, 7) is 6.68. The predicted molar refractivity (Wildman–Crippen MR) is 62.1 cm³/mol. The molecule has 0 amide bonds. The molecule has 2 unspecified atom stereocenters. The molecule has 2 rings (SSSR count). The molecule has 2 heteroatoms. The molecular formula is C13H17NO. The van der Waals surface area contributed by atoms with Crippen molar-refractivity contribution in [3.8, 4) is 5.75 Å². The highest BCUT2D eigenvalue weighted by Gasteiger charge is 2.26. The number of benzene rings is 1. The molecule has 2 N–H and O–H groups in total. The van der Waals surface area contributed by atoms with Gasteiger partial charge in [-0.2, -0.15) is 0 Å². The highest BCUT2D eigenvalue weighted by atomic mass is 16.5. The van der Waals surface area contributed by atoms with Gasteiger partial charge in [-0.05, 0) is 25.0 Å². The van der Waals surface area contributed by atoms with E-state index >= 15 is 0 Å². The molecule has 1 aromatic carbocycles. The third kappa shape index (κ3) is 1.90. The molecule has 2 atom stereocenters. The lowest BCUT2D eigenvalue weighted by atomic mass is 9.84. The Morgan fingerprint density at radius 2 is 2.27 bits per heavy atom. The van der Waals surface area contributed by atoms with Gasteiger partial charge in [0.15, 0.2) is 0 Å². The molecule has 1 heterocycles. The molecule has 0 radical (unpaired) electrons. The minimum absolute atomic E-state index is 0.0371. The van der Waals surface area contributed by atoms with Crippen molar-refractivity contribution in [3.63, 3.8) is 0 Å². The second kappa shape index (κ2) is 4.07. The quantitative estimate of drug-likeness (QED) is 0.749. The van der Waals surface area contributed by atoms with E-state index in [2.05, 4.69) is 12.6 Å². The largest absolute Gasteiger partial charge is 0.493 e. The molecule has 0 fully saturated rings. The van der Waals surface area contributed by atoms with E-state index in [0.717, 1.165) is 24.4 Å². The van der Waals surface area contributed by atoms with E-state index in [-0.39, 0.29) is 6.04 Å². The van der Waals surface area contributed by atoms with Crippen molar-refractivity contribution in [1.29, 1.82) is 0 Å². The van der Waals surface area contributed by atoms with Crippen LogP contribution in [-0.2, 0) is 0 Å². The molecule has 2 nitrogen and oxygen atoms in total. The highest BCUT2D eigenvalue weighted by Crippen LogP contribution is 2.36. The van der Waals surface area contributed by atoms with Crippen LogP contribution in [0.4, 0.5) is 0 Å². The fourth-order valence-corrected chi connectivity index (χ4v) is 2.09. The lowest BCUT2D eigenvalue weighted by Crippen LogP contribution is -2.32. The number of fused-ring (bicyclic) bond motifs is 1. The summed E-state index contributed by atoms with van der Waals surface area (Å²) in [5.41, 5.74) is 8.41. The smallest absolute Gasteiger partial charge is 0.122 e. The molecule has 1 aliphatic rings. The number of rotatable bonds is 2. The van der Waals surface area contributed by atoms with Crippen LogP contribution in [0.5, 0.6) is 5.75 Å². The van der Waals surface area contributed by atoms with Gasteiger partial charge in [0.2, 0.25) is 0 Å². The van der Waals surface area contributed by atoms with Gasteiger partial charge in [0.1, 0.15) is 5.75 Å². The second-order valence-corrected chi connectivity index (χ2v) is 4.15. The van der Waals surface area contributed by atoms with Gasteiger partial charge in [0, 0.05) is 12.0 Å². The number of ether oxygens (including phenoxy) is 1. The van der Waals surface area contributed by atoms with Gasteiger partial charge >= 0.3 is 0 Å². The van der Waals surface area contributed by atoms with Crippen molar-refractivity contribution in [2.45, 2.75) is 25.3 Å². The van der Waals surface area contributed by atoms with Gasteiger partial charge < -0.3 is 10.5 Å². The van der Waals surface area contributed by atoms with Crippen molar-refractivity contribution in [2.75, 3.05) is 6.61 Å². The topological polar surface area (TPSA) is 35.2 Å². The summed E-state index contributed by atoms with van der Waals surface area (Å²) in [6, 6.07) is 8.17. The second-order valence-electron chi connectivity index (χ2n) is 4.15. The summed E-state index contributed by atoms with van der Waals surface area (Å²) in [7, 11) is 0. The summed E-state index contributed by atoms with van der Waals surface area (Å²) in [5, 5.41) is 0. The maximum absolute atomic E-state index is 6.15. The fraction of sp³-hybridized carbons (Fsp3) is 0.385. The lowest BCUT2D eigenvalue weighted by molar-refractivity contribution is 0.260. The minimum Gasteiger partial charge on any atom is -0.493 e. The number of para-hydroxylation sites is 1. The molecule has 0 saturated heterocycles. The van der Waals surface area contributed by atoms with Gasteiger partial charge in [0.25, 0.3) is 0 Å². The van der Waals surface area contributed by atoms with Gasteiger partial charge in [-0.15, -0.1) is 0 Å². The van der Waals surface area contributed by atoms with E-state index in [0.29, 0.717) is 5.92 Å². The molecule has 0 saturated carbocycles. The molecule has 0 bridgehead atoms. The number of hydrogen-bond donors (Lipinski definition) is 1. The standard InChI is InChI=1S/C13H17NO/c1-9(2)13(14)11-7-8-15-12-6-4-3-5-10(11)12/h3-6,11,13H,1,7-8,14H2,2H3. The molecular weight excluding hydrogens is 186 g/mol. The monoisotopic (exact) mass is 203 g/mol. The van der Waals surface area contributed by atoms with Crippen LogP contribution >= 0.6 is 0 Å². The first-order valence-electron chi connectivity index (χ1n) is 5.33. The Kier molecular flexibility index (Phi) is 2.78. The van der Waals surface area contributed by atoms with Crippen LogP contribution in [0.2, 0.25) is 0 Å². The Bertz CT molecular complexity index is 373. The van der Waals surface area contributed by atoms with E-state index in [1.807, 2.05) is 25.1 Å². The van der Waals surface area contributed by atoms with Gasteiger partial charge in [-0.25, -0.2) is 0 Å². The van der Waals surface area contributed by atoms with E-state index in [4.69, 9.17) is 10.5 Å². The minimum atomic E-state index is 0.0371. The van der Waals surface area contributed by atoms with Crippen LogP contribution < -0.4 is 10.5 Å². The molecule has 0 aromatic heterocycles. The zero-order valence-corrected chi connectivity index (χ0v) is 9.07. The predicted octanol–water partition coefficient (Wildman–Crippen LogP) is 2.46. The molecule has 15 heavy (non-hydrogen) atoms. The molecule has 0 aliphatic carbocycles. The lowest BCUT2D eigenvalue weighted by Gasteiger charge is -2.30. The molecule has 80 valence electrons. The molecule has 1 aliphatic heterocycles. The van der Waals surface area contributed by atoms with Crippen LogP contribution in [0.3, 0.4) is 0 Å². The Balaban J connectivity index is 2.33. The van der Waals surface area contributed by atoms with E-state index < -0.39 is 0 Å². The maximum atomic E-state index is 6.15. The van der Waals surface area contributed by atoms with Crippen LogP contribution in [-0.4, -0.2) is 12.6 Å². The van der Waals surface area contributed by atoms with Crippen LogP contribution in [0, 0.1) is 0 Å². The van der Waals surface area contributed by atoms with Crippen molar-refractivity contribution >= 4 is 0 Å². The Labute approximate surface area is 90.7 Å². The Morgan fingerprint density at radius 3 is 3.00 bits per heavy atom. The van der Waals surface area contributed by atoms with E-state index in [1.54, 1.807) is 0 Å². The van der Waals surface area contributed by atoms with Crippen LogP contribution in [0.1, 0.15) is 24.8 Å². The Morgan fingerprint density at radius 1 is 1.53 bits per heavy atom. The first-order valence-corrected chi connectivity index (χ1v) is 5.33. The van der Waals surface area contributed by atoms with Crippen molar-refractivity contribution in [3.05, 3.63) is 42.0 Å². The number of nitrogens with two attached hydrogens (primary N) is 1. The van der Waals surface area contributed by atoms with E-state index in [1.165, 1.54) is 5.56 Å². The van der Waals surface area contributed by atoms with Gasteiger partial charge in [0.05, 0.1) is 6.61 Å². The summed E-state index contributed by atoms with van der Waals surface area (Å²) in [5.74, 6) is 1.33. The zero-order valence-electron chi connectivity index (χ0n) is 9.07. The van der Waals surface area contributed by atoms with Gasteiger partial charge in [-0.1, -0.05) is 30.4 Å². The third-order valence-electron chi connectivity index (χ3n) is 3.01. The first kappa shape index (κ1) is 10.2. The summed E-state index contributed by atoms with van der Waals surface area (Å²) in [6.07, 6.45) is 0.977. The highest BCUT2D eigenvalue weighted by molar-refractivity contribution is 5.39. The molecule has 1 aromatic rings. The Hall–Kier alpha value is -1.28. The summed E-state index contributed by atoms with van der Waals surface area (Å²) < 4.78 is 5.60. The van der Waals surface area contributed by atoms with Crippen LogP contribution in [0.15, 0.2) is 36.4 Å². The average molecular weight is 203 g/mol. The summed E-state index contributed by atoms with van der Waals surface area (Å²) >= 11 is 0. The van der Waals surface area contributed by atoms with Crippen LogP contribution in [0.25, 0.3) is 0 Å². The normalized spacial score (nSPS) is 21.3. The SMILES string of the molecule is C=C(C)C(N)C1CCOc2ccccc21. The third-order valence-corrected chi connectivity index (χ3v) is 3.01. The first-order chi connectivity index (χ1) is 7.20. The zero-order chi connectivity index (χ0) is 10.8. The van der Waals surface area contributed by atoms with Crippen molar-refractivity contribution in [1.82, 2.24) is 0 Å². The fourth-order valence-electron chi connectivity index (χ4n) is 2.09. The average Bonchev–Trinajstić information content (AvgIpc) is 2.27.